The van der Waals surface area contributed by atoms with Crippen LogP contribution >= 0.6 is 7.26 Å². The Hall–Kier alpha value is -3.73. The first kappa shape index (κ1) is 24.0. The van der Waals surface area contributed by atoms with Gasteiger partial charge in [-0.15, -0.1) is 0 Å². The molecule has 0 spiro atoms. The number of hydrogen-bond donors (Lipinski definition) is 1. The molecule has 1 aliphatic carbocycles. The van der Waals surface area contributed by atoms with E-state index in [0.29, 0.717) is 5.69 Å². The molecule has 0 bridgehead atoms. The predicted molar refractivity (Wildman–Crippen MR) is 153 cm³/mol. The van der Waals surface area contributed by atoms with Gasteiger partial charge in [0.25, 0.3) is 5.91 Å². The highest BCUT2D eigenvalue weighted by atomic mass is 31.2. The fourth-order valence-corrected chi connectivity index (χ4v) is 11.4. The standard InChI is InChI=1S/C32H29N2OP/c1-24-22-26(33-3)23-25(2)30(24)34-31(35)32(20-13-21-32)36(27-14-7-4-8-15-27,28-16-9-5-10-17-28)29-18-11-6-12-19-29/h4-12,14-19,22-23H,13,20-21H2,1-2H3/p+1. The van der Waals surface area contributed by atoms with Crippen LogP contribution in [0, 0.1) is 20.4 Å². The molecule has 178 valence electrons. The minimum absolute atomic E-state index is 0.0837. The zero-order valence-electron chi connectivity index (χ0n) is 20.7. The Balaban J connectivity index is 1.75. The Morgan fingerprint density at radius 1 is 0.778 bits per heavy atom. The molecule has 0 saturated heterocycles. The maximum absolute atomic E-state index is 14.6. The lowest BCUT2D eigenvalue weighted by Crippen LogP contribution is -2.58. The summed E-state index contributed by atoms with van der Waals surface area (Å²) in [5.74, 6) is 0.0837. The maximum atomic E-state index is 14.6. The first-order valence-corrected chi connectivity index (χ1v) is 14.2. The Morgan fingerprint density at radius 2 is 1.19 bits per heavy atom. The smallest absolute Gasteiger partial charge is 0.269 e. The largest absolute Gasteiger partial charge is 0.322 e. The van der Waals surface area contributed by atoms with Crippen molar-refractivity contribution in [3.05, 3.63) is 126 Å². The number of carbonyl (C=O) groups excluding carboxylic acids is 1. The van der Waals surface area contributed by atoms with Gasteiger partial charge < -0.3 is 5.32 Å². The van der Waals surface area contributed by atoms with Gasteiger partial charge in [0, 0.05) is 5.69 Å². The van der Waals surface area contributed by atoms with Crippen LogP contribution in [0.15, 0.2) is 103 Å². The zero-order valence-corrected chi connectivity index (χ0v) is 21.6. The molecule has 5 rings (SSSR count). The number of nitrogens with one attached hydrogen (secondary N) is 1. The molecule has 4 aromatic carbocycles. The number of carbonyl (C=O) groups is 1. The van der Waals surface area contributed by atoms with E-state index in [2.05, 4.69) is 83.0 Å². The van der Waals surface area contributed by atoms with E-state index in [4.69, 9.17) is 6.57 Å². The van der Waals surface area contributed by atoms with Crippen molar-refractivity contribution in [1.82, 2.24) is 0 Å². The normalized spacial score (nSPS) is 14.4. The van der Waals surface area contributed by atoms with Gasteiger partial charge >= 0.3 is 0 Å². The highest BCUT2D eigenvalue weighted by molar-refractivity contribution is 7.97. The molecule has 0 aliphatic heterocycles. The molecular formula is C32H30N2OP+. The number of rotatable bonds is 6. The molecule has 0 unspecified atom stereocenters. The molecule has 0 heterocycles. The summed E-state index contributed by atoms with van der Waals surface area (Å²) in [5, 5.41) is 6.50. The molecule has 1 aliphatic rings. The molecule has 3 nitrogen and oxygen atoms in total. The number of nitrogens with zero attached hydrogens (tertiary/aromatic N) is 1. The van der Waals surface area contributed by atoms with Gasteiger partial charge in [0.15, 0.2) is 10.8 Å². The first-order chi connectivity index (χ1) is 17.5. The van der Waals surface area contributed by atoms with Crippen LogP contribution in [0.3, 0.4) is 0 Å². The summed E-state index contributed by atoms with van der Waals surface area (Å²) in [6.45, 7) is 11.3. The van der Waals surface area contributed by atoms with Gasteiger partial charge in [-0.1, -0.05) is 66.7 Å². The van der Waals surface area contributed by atoms with Gasteiger partial charge in [0.1, 0.15) is 23.2 Å². The molecule has 36 heavy (non-hydrogen) atoms. The fourth-order valence-electron chi connectivity index (χ4n) is 5.80. The second-order valence-corrected chi connectivity index (χ2v) is 13.3. The van der Waals surface area contributed by atoms with Gasteiger partial charge in [-0.05, 0) is 80.6 Å². The van der Waals surface area contributed by atoms with Crippen molar-refractivity contribution in [1.29, 1.82) is 0 Å². The summed E-state index contributed by atoms with van der Waals surface area (Å²) in [5.41, 5.74) is 3.27. The zero-order chi connectivity index (χ0) is 25.2. The van der Waals surface area contributed by atoms with Crippen LogP contribution in [-0.2, 0) is 4.79 Å². The van der Waals surface area contributed by atoms with E-state index in [1.54, 1.807) is 0 Å². The predicted octanol–water partition coefficient (Wildman–Crippen LogP) is 6.71. The quantitative estimate of drug-likeness (QED) is 0.237. The van der Waals surface area contributed by atoms with Gasteiger partial charge in [-0.3, -0.25) is 4.79 Å². The number of benzene rings is 4. The molecule has 0 radical (unpaired) electrons. The summed E-state index contributed by atoms with van der Waals surface area (Å²) < 4.78 is 0. The van der Waals surface area contributed by atoms with Crippen molar-refractivity contribution in [3.8, 4) is 0 Å². The van der Waals surface area contributed by atoms with E-state index < -0.39 is 12.4 Å². The Bertz CT molecular complexity index is 1300. The van der Waals surface area contributed by atoms with E-state index >= 15 is 0 Å². The lowest BCUT2D eigenvalue weighted by atomic mass is 9.83. The van der Waals surface area contributed by atoms with E-state index in [9.17, 15) is 4.79 Å². The van der Waals surface area contributed by atoms with Crippen LogP contribution in [0.1, 0.15) is 30.4 Å². The minimum Gasteiger partial charge on any atom is -0.322 e. The Kier molecular flexibility index (Phi) is 6.48. The van der Waals surface area contributed by atoms with E-state index in [1.807, 2.05) is 44.2 Å². The van der Waals surface area contributed by atoms with Crippen LogP contribution in [-0.4, -0.2) is 11.1 Å². The van der Waals surface area contributed by atoms with Crippen LogP contribution < -0.4 is 21.2 Å². The van der Waals surface area contributed by atoms with Crippen molar-refractivity contribution in [2.45, 2.75) is 38.3 Å². The molecule has 1 saturated carbocycles. The third kappa shape index (κ3) is 3.74. The van der Waals surface area contributed by atoms with Crippen LogP contribution in [0.25, 0.3) is 4.85 Å². The van der Waals surface area contributed by atoms with Crippen molar-refractivity contribution in [3.63, 3.8) is 0 Å². The monoisotopic (exact) mass is 489 g/mol. The number of anilines is 1. The minimum atomic E-state index is -2.39. The van der Waals surface area contributed by atoms with E-state index in [-0.39, 0.29) is 5.91 Å². The second kappa shape index (κ2) is 9.73. The molecule has 0 atom stereocenters. The number of hydrogen-bond acceptors (Lipinski definition) is 1. The van der Waals surface area contributed by atoms with Gasteiger partial charge in [0.05, 0.1) is 6.57 Å². The molecule has 4 aromatic rings. The van der Waals surface area contributed by atoms with E-state index in [1.165, 1.54) is 15.9 Å². The Labute approximate surface area is 214 Å². The number of aryl methyl sites for hydroxylation is 2. The number of amides is 1. The molecule has 1 fully saturated rings. The summed E-state index contributed by atoms with van der Waals surface area (Å²) in [4.78, 5) is 18.2. The average Bonchev–Trinajstić information content (AvgIpc) is 2.89. The van der Waals surface area contributed by atoms with Gasteiger partial charge in [-0.2, -0.15) is 0 Å². The van der Waals surface area contributed by atoms with Crippen LogP contribution in [0.4, 0.5) is 11.4 Å². The highest BCUT2D eigenvalue weighted by Crippen LogP contribution is 2.72. The van der Waals surface area contributed by atoms with Crippen LogP contribution in [0.5, 0.6) is 0 Å². The van der Waals surface area contributed by atoms with Crippen LogP contribution in [0.2, 0.25) is 0 Å². The maximum Gasteiger partial charge on any atom is 0.269 e. The SMILES string of the molecule is [C-]#[N+]c1cc(C)c(NC(=O)C2([P+](c3ccccc3)(c3ccccc3)c3ccccc3)CCC2)c(C)c1. The van der Waals surface area contributed by atoms with Crippen molar-refractivity contribution in [2.24, 2.45) is 0 Å². The summed E-state index contributed by atoms with van der Waals surface area (Å²) >= 11 is 0. The summed E-state index contributed by atoms with van der Waals surface area (Å²) in [6, 6.07) is 35.7. The third-order valence-corrected chi connectivity index (χ3v) is 12.7. The van der Waals surface area contributed by atoms with Crippen molar-refractivity contribution >= 4 is 40.5 Å². The topological polar surface area (TPSA) is 33.5 Å². The Morgan fingerprint density at radius 3 is 1.53 bits per heavy atom. The van der Waals surface area contributed by atoms with Gasteiger partial charge in [-0.25, -0.2) is 4.85 Å². The molecule has 0 aromatic heterocycles. The molecule has 1 N–H and O–H groups in total. The molecule has 1 amide bonds. The van der Waals surface area contributed by atoms with Crippen molar-refractivity contribution < 1.29 is 4.79 Å². The molecular weight excluding hydrogens is 459 g/mol. The van der Waals surface area contributed by atoms with Crippen molar-refractivity contribution in [2.75, 3.05) is 5.32 Å². The summed E-state index contributed by atoms with van der Waals surface area (Å²) in [6.07, 6.45) is 2.70. The lowest BCUT2D eigenvalue weighted by molar-refractivity contribution is -0.120. The lowest BCUT2D eigenvalue weighted by Gasteiger charge is -2.48. The first-order valence-electron chi connectivity index (χ1n) is 12.4. The average molecular weight is 490 g/mol. The third-order valence-electron chi connectivity index (χ3n) is 7.56. The highest BCUT2D eigenvalue weighted by Gasteiger charge is 2.69. The second-order valence-electron chi connectivity index (χ2n) is 9.58. The van der Waals surface area contributed by atoms with Gasteiger partial charge in [0.2, 0.25) is 0 Å². The van der Waals surface area contributed by atoms with E-state index in [0.717, 1.165) is 36.1 Å². The fraction of sp³-hybridized carbons (Fsp3) is 0.188. The summed E-state index contributed by atoms with van der Waals surface area (Å²) in [7, 11) is -2.39. The molecule has 4 heteroatoms.